The Bertz CT molecular complexity index is 1520. The molecule has 0 unspecified atom stereocenters. The van der Waals surface area contributed by atoms with Crippen LogP contribution in [0.25, 0.3) is 0 Å². The van der Waals surface area contributed by atoms with Crippen LogP contribution >= 0.6 is 34.8 Å². The van der Waals surface area contributed by atoms with E-state index in [1.807, 2.05) is 13.8 Å². The summed E-state index contributed by atoms with van der Waals surface area (Å²) in [5.74, 6) is -0.759. The number of aryl methyl sites for hydroxylation is 1. The second-order valence-corrected chi connectivity index (χ2v) is 12.7. The largest absolute Gasteiger partial charge is 0.495 e. The summed E-state index contributed by atoms with van der Waals surface area (Å²) >= 11 is 18.6. The molecule has 3 aromatic rings. The van der Waals surface area contributed by atoms with Crippen molar-refractivity contribution in [1.29, 1.82) is 0 Å². The fraction of sp³-hybridized carbons (Fsp3) is 0.333. The summed E-state index contributed by atoms with van der Waals surface area (Å²) in [4.78, 5) is 28.7. The van der Waals surface area contributed by atoms with Gasteiger partial charge in [0.05, 0.1) is 27.7 Å². The highest BCUT2D eigenvalue weighted by atomic mass is 35.5. The van der Waals surface area contributed by atoms with Gasteiger partial charge in [0.2, 0.25) is 11.8 Å². The van der Waals surface area contributed by atoms with Crippen LogP contribution in [0, 0.1) is 6.92 Å². The molecule has 0 radical (unpaired) electrons. The fourth-order valence-corrected chi connectivity index (χ4v) is 6.23. The van der Waals surface area contributed by atoms with Crippen LogP contribution in [-0.2, 0) is 26.2 Å². The predicted octanol–water partition coefficient (Wildman–Crippen LogP) is 6.49. The highest BCUT2D eigenvalue weighted by Gasteiger charge is 2.35. The van der Waals surface area contributed by atoms with Crippen molar-refractivity contribution < 1.29 is 22.7 Å². The van der Waals surface area contributed by atoms with Crippen molar-refractivity contribution in [3.63, 3.8) is 0 Å². The second-order valence-electron chi connectivity index (χ2n) is 9.63. The van der Waals surface area contributed by atoms with Crippen LogP contribution < -0.4 is 14.4 Å². The van der Waals surface area contributed by atoms with E-state index in [9.17, 15) is 18.0 Å². The first-order chi connectivity index (χ1) is 19.9. The van der Waals surface area contributed by atoms with Gasteiger partial charge >= 0.3 is 0 Å². The number of rotatable bonds is 13. The molecule has 0 saturated heterocycles. The Morgan fingerprint density at radius 2 is 1.64 bits per heavy atom. The summed E-state index contributed by atoms with van der Waals surface area (Å²) in [6.07, 6.45) is 0.994. The van der Waals surface area contributed by atoms with E-state index in [4.69, 9.17) is 39.5 Å². The Hall–Kier alpha value is -2.98. The molecule has 1 atom stereocenters. The van der Waals surface area contributed by atoms with Crippen molar-refractivity contribution in [2.75, 3.05) is 24.5 Å². The third-order valence-corrected chi connectivity index (χ3v) is 9.32. The molecule has 226 valence electrons. The third-order valence-electron chi connectivity index (χ3n) is 6.57. The van der Waals surface area contributed by atoms with Crippen molar-refractivity contribution in [3.05, 3.63) is 86.9 Å². The van der Waals surface area contributed by atoms with E-state index in [2.05, 4.69) is 5.32 Å². The van der Waals surface area contributed by atoms with E-state index >= 15 is 0 Å². The summed E-state index contributed by atoms with van der Waals surface area (Å²) in [7, 11) is -2.90. The molecule has 0 aliphatic carbocycles. The van der Waals surface area contributed by atoms with Crippen molar-refractivity contribution in [3.8, 4) is 5.75 Å². The lowest BCUT2D eigenvalue weighted by Gasteiger charge is -2.33. The number of hydrogen-bond donors (Lipinski definition) is 1. The number of nitrogens with zero attached hydrogens (tertiary/aromatic N) is 2. The molecule has 0 aliphatic rings. The molecular formula is C30H34Cl3N3O5S. The number of benzene rings is 3. The number of amides is 2. The first kappa shape index (κ1) is 33.5. The van der Waals surface area contributed by atoms with Crippen LogP contribution in [-0.4, -0.2) is 51.4 Å². The Morgan fingerprint density at radius 1 is 0.952 bits per heavy atom. The van der Waals surface area contributed by atoms with Crippen LogP contribution in [0.3, 0.4) is 0 Å². The summed E-state index contributed by atoms with van der Waals surface area (Å²) in [6.45, 7) is 5.33. The van der Waals surface area contributed by atoms with Crippen molar-refractivity contribution in [2.45, 2.75) is 51.1 Å². The molecule has 0 spiro atoms. The summed E-state index contributed by atoms with van der Waals surface area (Å²) in [5.41, 5.74) is 1.57. The van der Waals surface area contributed by atoms with E-state index in [1.54, 1.807) is 43.3 Å². The Kier molecular flexibility index (Phi) is 11.9. The SMILES string of the molecule is CCCNC(=O)[C@H](CC)N(Cc1ccc(Cl)c(Cl)c1)C(=O)CN(c1cc(Cl)ccc1OC)S(=O)(=O)c1ccc(C)cc1. The average molecular weight is 655 g/mol. The lowest BCUT2D eigenvalue weighted by molar-refractivity contribution is -0.140. The molecule has 8 nitrogen and oxygen atoms in total. The zero-order chi connectivity index (χ0) is 31.0. The quantitative estimate of drug-likeness (QED) is 0.227. The average Bonchev–Trinajstić information content (AvgIpc) is 2.96. The molecule has 0 aromatic heterocycles. The van der Waals surface area contributed by atoms with Gasteiger partial charge in [0.1, 0.15) is 18.3 Å². The molecule has 0 aliphatic heterocycles. The number of methoxy groups -OCH3 is 1. The van der Waals surface area contributed by atoms with Gasteiger partial charge in [-0.25, -0.2) is 8.42 Å². The highest BCUT2D eigenvalue weighted by Crippen LogP contribution is 2.35. The summed E-state index contributed by atoms with van der Waals surface area (Å²) in [5, 5.41) is 3.73. The van der Waals surface area contributed by atoms with Crippen LogP contribution in [0.15, 0.2) is 65.6 Å². The number of nitrogens with one attached hydrogen (secondary N) is 1. The molecule has 42 heavy (non-hydrogen) atoms. The molecule has 0 saturated carbocycles. The van der Waals surface area contributed by atoms with E-state index < -0.39 is 28.5 Å². The lowest BCUT2D eigenvalue weighted by atomic mass is 10.1. The van der Waals surface area contributed by atoms with Gasteiger partial charge < -0.3 is 15.0 Å². The van der Waals surface area contributed by atoms with Crippen LogP contribution in [0.5, 0.6) is 5.75 Å². The maximum absolute atomic E-state index is 14.2. The molecule has 3 aromatic carbocycles. The molecule has 12 heteroatoms. The molecule has 0 bridgehead atoms. The van der Waals surface area contributed by atoms with E-state index in [1.165, 1.54) is 36.3 Å². The number of halogens is 3. The maximum Gasteiger partial charge on any atom is 0.264 e. The molecular weight excluding hydrogens is 621 g/mol. The Morgan fingerprint density at radius 3 is 2.24 bits per heavy atom. The predicted molar refractivity (Wildman–Crippen MR) is 168 cm³/mol. The standard InChI is InChI=1S/C30H34Cl3N3O5S/c1-5-15-34-30(38)26(6-2)35(18-21-9-13-24(32)25(33)16-21)29(37)19-36(27-17-22(31)10-14-28(27)41-4)42(39,40)23-11-7-20(3)8-12-23/h7-14,16-17,26H,5-6,15,18-19H2,1-4H3,(H,34,38)/t26-/m0/s1. The summed E-state index contributed by atoms with van der Waals surface area (Å²) in [6, 6.07) is 14.8. The number of carbonyl (C=O) groups is 2. The number of carbonyl (C=O) groups excluding carboxylic acids is 2. The summed E-state index contributed by atoms with van der Waals surface area (Å²) < 4.78 is 34.6. The molecule has 0 heterocycles. The van der Waals surface area contributed by atoms with Crippen LogP contribution in [0.1, 0.15) is 37.8 Å². The van der Waals surface area contributed by atoms with E-state index in [0.717, 1.165) is 9.87 Å². The number of sulfonamides is 1. The van der Waals surface area contributed by atoms with Gasteiger partial charge in [-0.2, -0.15) is 0 Å². The third kappa shape index (κ3) is 8.10. The molecule has 3 rings (SSSR count). The zero-order valence-corrected chi connectivity index (χ0v) is 26.9. The monoisotopic (exact) mass is 653 g/mol. The first-order valence-electron chi connectivity index (χ1n) is 13.4. The zero-order valence-electron chi connectivity index (χ0n) is 23.9. The van der Waals surface area contributed by atoms with Crippen LogP contribution in [0.2, 0.25) is 15.1 Å². The van der Waals surface area contributed by atoms with Gasteiger partial charge in [0.15, 0.2) is 0 Å². The normalized spacial score (nSPS) is 12.0. The maximum atomic E-state index is 14.2. The lowest BCUT2D eigenvalue weighted by Crippen LogP contribution is -2.52. The smallest absolute Gasteiger partial charge is 0.264 e. The number of hydrogen-bond acceptors (Lipinski definition) is 5. The van der Waals surface area contributed by atoms with Gasteiger partial charge in [0, 0.05) is 18.1 Å². The van der Waals surface area contributed by atoms with Crippen molar-refractivity contribution in [1.82, 2.24) is 10.2 Å². The van der Waals surface area contributed by atoms with Gasteiger partial charge in [-0.3, -0.25) is 13.9 Å². The van der Waals surface area contributed by atoms with E-state index in [-0.39, 0.29) is 45.3 Å². The van der Waals surface area contributed by atoms with Crippen molar-refractivity contribution in [2.24, 2.45) is 0 Å². The Balaban J connectivity index is 2.13. The van der Waals surface area contributed by atoms with Gasteiger partial charge in [-0.05, 0) is 67.8 Å². The highest BCUT2D eigenvalue weighted by molar-refractivity contribution is 7.92. The minimum absolute atomic E-state index is 0.0150. The Labute approximate surface area is 262 Å². The molecule has 2 amide bonds. The fourth-order valence-electron chi connectivity index (χ4n) is 4.33. The van der Waals surface area contributed by atoms with E-state index in [0.29, 0.717) is 23.6 Å². The second kappa shape index (κ2) is 15.0. The van der Waals surface area contributed by atoms with Crippen molar-refractivity contribution >= 4 is 62.3 Å². The molecule has 0 fully saturated rings. The number of anilines is 1. The van der Waals surface area contributed by atoms with Crippen LogP contribution in [0.4, 0.5) is 5.69 Å². The molecule has 1 N–H and O–H groups in total. The van der Waals surface area contributed by atoms with Gasteiger partial charge in [-0.15, -0.1) is 0 Å². The number of ether oxygens (including phenoxy) is 1. The minimum atomic E-state index is -4.29. The topological polar surface area (TPSA) is 96.0 Å². The minimum Gasteiger partial charge on any atom is -0.495 e. The van der Waals surface area contributed by atoms with Gasteiger partial charge in [0.25, 0.3) is 10.0 Å². The van der Waals surface area contributed by atoms with Gasteiger partial charge in [-0.1, -0.05) is 72.4 Å². The first-order valence-corrected chi connectivity index (χ1v) is 15.9.